The number of hydrogen-bond donors (Lipinski definition) is 4. The van der Waals surface area contributed by atoms with Crippen LogP contribution >= 0.6 is 0 Å². The third-order valence-corrected chi connectivity index (χ3v) is 6.64. The zero-order valence-corrected chi connectivity index (χ0v) is 19.9. The van der Waals surface area contributed by atoms with Crippen LogP contribution in [0.15, 0.2) is 40.8 Å². The molecule has 1 aromatic rings. The lowest BCUT2D eigenvalue weighted by atomic mass is 10.1. The average Bonchev–Trinajstić information content (AvgIpc) is 3.52. The Balaban J connectivity index is 1.69. The zero-order chi connectivity index (χ0) is 25.1. The first-order valence-electron chi connectivity index (χ1n) is 11.2. The van der Waals surface area contributed by atoms with Crippen molar-refractivity contribution in [3.8, 4) is 0 Å². The van der Waals surface area contributed by atoms with Crippen LogP contribution in [0.25, 0.3) is 0 Å². The van der Waals surface area contributed by atoms with Gasteiger partial charge in [-0.25, -0.2) is 13.1 Å². The Morgan fingerprint density at radius 3 is 2.12 bits per heavy atom. The van der Waals surface area contributed by atoms with Crippen LogP contribution in [-0.2, 0) is 24.4 Å². The van der Waals surface area contributed by atoms with Crippen LogP contribution in [0.2, 0.25) is 0 Å². The summed E-state index contributed by atoms with van der Waals surface area (Å²) in [5, 5.41) is 14.0. The summed E-state index contributed by atoms with van der Waals surface area (Å²) in [6.45, 7) is 2.56. The highest BCUT2D eigenvalue weighted by Crippen LogP contribution is 2.27. The fourth-order valence-electron chi connectivity index (χ4n) is 3.17. The number of rotatable bonds is 15. The van der Waals surface area contributed by atoms with Gasteiger partial charge in [0.25, 0.3) is 15.9 Å². The first kappa shape index (κ1) is 27.0. The second kappa shape index (κ2) is 12.9. The van der Waals surface area contributed by atoms with E-state index < -0.39 is 21.9 Å². The molecule has 1 atom stereocenters. The molecule has 11 heteroatoms. The molecule has 1 aliphatic carbocycles. The highest BCUT2D eigenvalue weighted by atomic mass is 32.2. The van der Waals surface area contributed by atoms with E-state index in [1.165, 1.54) is 24.3 Å². The largest absolute Gasteiger partial charge is 0.481 e. The van der Waals surface area contributed by atoms with Crippen molar-refractivity contribution in [2.45, 2.75) is 56.8 Å². The molecule has 1 aromatic carbocycles. The molecule has 0 aliphatic heterocycles. The summed E-state index contributed by atoms with van der Waals surface area (Å²) in [4.78, 5) is 46.2. The molecule has 0 heterocycles. The quantitative estimate of drug-likeness (QED) is 0.214. The van der Waals surface area contributed by atoms with Crippen LogP contribution in [0, 0.1) is 5.92 Å². The van der Waals surface area contributed by atoms with Crippen LogP contribution in [0.3, 0.4) is 0 Å². The molecule has 0 fully saturated rings. The Morgan fingerprint density at radius 2 is 1.50 bits per heavy atom. The molecule has 4 N–H and O–H groups in total. The molecule has 2 rings (SSSR count). The van der Waals surface area contributed by atoms with Crippen molar-refractivity contribution in [1.82, 2.24) is 15.4 Å². The van der Waals surface area contributed by atoms with Crippen molar-refractivity contribution in [1.29, 1.82) is 0 Å². The SMILES string of the molecule is CC1=CC1C(=O)NCCCC(=O)NS(=O)(=O)c1ccc(C(=O)NCCCCCCC(=O)O)cc1. The molecule has 0 spiro atoms. The van der Waals surface area contributed by atoms with Crippen molar-refractivity contribution in [3.63, 3.8) is 0 Å². The number of carboxylic acids is 1. The minimum atomic E-state index is -4.07. The first-order valence-corrected chi connectivity index (χ1v) is 12.7. The average molecular weight is 494 g/mol. The molecular weight excluding hydrogens is 462 g/mol. The standard InChI is InChI=1S/C23H31N3O7S/c1-16-15-19(16)23(31)25-14-6-7-20(27)26-34(32,33)18-11-9-17(10-12-18)22(30)24-13-5-3-2-4-8-21(28)29/h9-12,15,19H,2-8,13-14H2,1H3,(H,24,30)(H,25,31)(H,26,27)(H,28,29). The van der Waals surface area contributed by atoms with Gasteiger partial charge in [0.15, 0.2) is 0 Å². The van der Waals surface area contributed by atoms with E-state index in [0.29, 0.717) is 25.8 Å². The molecule has 0 bridgehead atoms. The van der Waals surface area contributed by atoms with E-state index in [1.54, 1.807) is 0 Å². The van der Waals surface area contributed by atoms with Gasteiger partial charge in [-0.1, -0.05) is 24.5 Å². The summed E-state index contributed by atoms with van der Waals surface area (Å²) in [5.74, 6) is -2.13. The Labute approximate surface area is 199 Å². The number of carbonyl (C=O) groups excluding carboxylic acids is 3. The Hall–Kier alpha value is -3.21. The van der Waals surface area contributed by atoms with Gasteiger partial charge >= 0.3 is 5.97 Å². The molecule has 0 aromatic heterocycles. The van der Waals surface area contributed by atoms with E-state index in [1.807, 2.05) is 17.7 Å². The number of unbranched alkanes of at least 4 members (excludes halogenated alkanes) is 3. The number of aliphatic carboxylic acids is 1. The van der Waals surface area contributed by atoms with Gasteiger partial charge in [-0.2, -0.15) is 0 Å². The summed E-state index contributed by atoms with van der Waals surface area (Å²) < 4.78 is 26.8. The first-order chi connectivity index (χ1) is 16.1. The number of benzene rings is 1. The van der Waals surface area contributed by atoms with Gasteiger partial charge in [0.05, 0.1) is 10.8 Å². The van der Waals surface area contributed by atoms with Crippen LogP contribution in [0.1, 0.15) is 62.2 Å². The minimum Gasteiger partial charge on any atom is -0.481 e. The van der Waals surface area contributed by atoms with E-state index in [4.69, 9.17) is 5.11 Å². The van der Waals surface area contributed by atoms with E-state index in [9.17, 15) is 27.6 Å². The topological polar surface area (TPSA) is 159 Å². The molecule has 1 aliphatic rings. The lowest BCUT2D eigenvalue weighted by Crippen LogP contribution is -2.32. The lowest BCUT2D eigenvalue weighted by molar-refractivity contribution is -0.137. The number of carboxylic acid groups (broad SMARTS) is 1. The monoisotopic (exact) mass is 493 g/mol. The van der Waals surface area contributed by atoms with Crippen LogP contribution in [0.5, 0.6) is 0 Å². The smallest absolute Gasteiger partial charge is 0.303 e. The number of amides is 3. The van der Waals surface area contributed by atoms with E-state index in [0.717, 1.165) is 18.4 Å². The van der Waals surface area contributed by atoms with E-state index in [2.05, 4.69) is 10.6 Å². The third-order valence-electron chi connectivity index (χ3n) is 5.25. The highest BCUT2D eigenvalue weighted by Gasteiger charge is 2.27. The van der Waals surface area contributed by atoms with Crippen molar-refractivity contribution in [3.05, 3.63) is 41.5 Å². The minimum absolute atomic E-state index is 0.0621. The molecule has 0 saturated carbocycles. The van der Waals surface area contributed by atoms with Gasteiger partial charge in [0, 0.05) is 31.5 Å². The van der Waals surface area contributed by atoms with Crippen molar-refractivity contribution < 1.29 is 32.7 Å². The molecule has 34 heavy (non-hydrogen) atoms. The maximum atomic E-state index is 12.4. The highest BCUT2D eigenvalue weighted by molar-refractivity contribution is 7.90. The molecule has 0 saturated heterocycles. The van der Waals surface area contributed by atoms with Crippen molar-refractivity contribution in [2.24, 2.45) is 5.92 Å². The fraction of sp³-hybridized carbons (Fsp3) is 0.478. The Morgan fingerprint density at radius 1 is 0.882 bits per heavy atom. The van der Waals surface area contributed by atoms with E-state index >= 15 is 0 Å². The molecule has 10 nitrogen and oxygen atoms in total. The maximum absolute atomic E-state index is 12.4. The maximum Gasteiger partial charge on any atom is 0.303 e. The summed E-state index contributed by atoms with van der Waals surface area (Å²) in [6, 6.07) is 5.23. The predicted octanol–water partition coefficient (Wildman–Crippen LogP) is 1.73. The molecule has 1 unspecified atom stereocenters. The van der Waals surface area contributed by atoms with Gasteiger partial charge in [0.2, 0.25) is 11.8 Å². The summed E-state index contributed by atoms with van der Waals surface area (Å²) in [7, 11) is -4.07. The van der Waals surface area contributed by atoms with Crippen LogP contribution in [-0.4, -0.2) is 50.3 Å². The number of hydrogen-bond acceptors (Lipinski definition) is 6. The van der Waals surface area contributed by atoms with Gasteiger partial charge in [0.1, 0.15) is 0 Å². The van der Waals surface area contributed by atoms with Crippen LogP contribution in [0.4, 0.5) is 0 Å². The van der Waals surface area contributed by atoms with Crippen LogP contribution < -0.4 is 15.4 Å². The zero-order valence-electron chi connectivity index (χ0n) is 19.1. The van der Waals surface area contributed by atoms with E-state index in [-0.39, 0.29) is 47.6 Å². The number of carbonyl (C=O) groups is 4. The molecular formula is C23H31N3O7S. The summed E-state index contributed by atoms with van der Waals surface area (Å²) >= 11 is 0. The fourth-order valence-corrected chi connectivity index (χ4v) is 4.19. The predicted molar refractivity (Wildman–Crippen MR) is 124 cm³/mol. The number of sulfonamides is 1. The van der Waals surface area contributed by atoms with Gasteiger partial charge in [-0.3, -0.25) is 19.2 Å². The molecule has 186 valence electrons. The van der Waals surface area contributed by atoms with Gasteiger partial charge in [-0.05, 0) is 50.5 Å². The molecule has 3 amide bonds. The number of nitrogens with one attached hydrogen (secondary N) is 3. The molecule has 0 radical (unpaired) electrons. The summed E-state index contributed by atoms with van der Waals surface area (Å²) in [6.07, 6.45) is 5.09. The third kappa shape index (κ3) is 9.34. The second-order valence-corrected chi connectivity index (χ2v) is 9.83. The summed E-state index contributed by atoms with van der Waals surface area (Å²) in [5.41, 5.74) is 1.29. The van der Waals surface area contributed by atoms with Crippen molar-refractivity contribution >= 4 is 33.7 Å². The Kier molecular flexibility index (Phi) is 10.2. The normalized spacial score (nSPS) is 14.6. The van der Waals surface area contributed by atoms with Gasteiger partial charge < -0.3 is 15.7 Å². The van der Waals surface area contributed by atoms with Gasteiger partial charge in [-0.15, -0.1) is 0 Å². The second-order valence-electron chi connectivity index (χ2n) is 8.15. The van der Waals surface area contributed by atoms with Crippen molar-refractivity contribution in [2.75, 3.05) is 13.1 Å². The Bertz CT molecular complexity index is 1030. The lowest BCUT2D eigenvalue weighted by Gasteiger charge is -2.09.